The first-order chi connectivity index (χ1) is 12.6. The van der Waals surface area contributed by atoms with E-state index in [-0.39, 0.29) is 18.0 Å². The molecule has 0 heterocycles. The van der Waals surface area contributed by atoms with Crippen LogP contribution in [0.2, 0.25) is 0 Å². The summed E-state index contributed by atoms with van der Waals surface area (Å²) in [5.74, 6) is 0.904. The van der Waals surface area contributed by atoms with Gasteiger partial charge in [-0.15, -0.1) is 0 Å². The zero-order valence-electron chi connectivity index (χ0n) is 15.3. The number of carbonyl (C=O) groups is 1. The lowest BCUT2D eigenvalue weighted by molar-refractivity contribution is -0.682. The fourth-order valence-corrected chi connectivity index (χ4v) is 4.10. The summed E-state index contributed by atoms with van der Waals surface area (Å²) in [6.45, 7) is 2.53. The lowest BCUT2D eigenvalue weighted by Gasteiger charge is -2.26. The summed E-state index contributed by atoms with van der Waals surface area (Å²) in [5, 5.41) is 5.28. The van der Waals surface area contributed by atoms with Gasteiger partial charge in [-0.3, -0.25) is 4.79 Å². The van der Waals surface area contributed by atoms with Gasteiger partial charge in [-0.05, 0) is 71.4 Å². The quantitative estimate of drug-likeness (QED) is 0.757. The largest absolute Gasteiger partial charge is 0.496 e. The number of hydrogen-bond donors (Lipinski definition) is 2. The number of amides is 1. The number of benzene rings is 2. The topological polar surface area (TPSA) is 54.9 Å². The zero-order valence-corrected chi connectivity index (χ0v) is 16.9. The highest BCUT2D eigenvalue weighted by molar-refractivity contribution is 9.10. The number of methoxy groups -OCH3 is 1. The first-order valence-electron chi connectivity index (χ1n) is 9.12. The molecule has 1 aliphatic carbocycles. The Bertz CT molecular complexity index is 778. The highest BCUT2D eigenvalue weighted by Crippen LogP contribution is 2.29. The van der Waals surface area contributed by atoms with E-state index in [9.17, 15) is 4.79 Å². The summed E-state index contributed by atoms with van der Waals surface area (Å²) < 4.78 is 6.20. The van der Waals surface area contributed by atoms with Crippen LogP contribution in [0.1, 0.15) is 48.5 Å². The van der Waals surface area contributed by atoms with E-state index in [2.05, 4.69) is 63.8 Å². The third kappa shape index (κ3) is 4.46. The van der Waals surface area contributed by atoms with Crippen LogP contribution < -0.4 is 15.4 Å². The SMILES string of the molecule is COc1ccc([C@@H](C)[NH2+]CC(=O)N[C@H]2CCCc3ccccc32)cc1Br. The summed E-state index contributed by atoms with van der Waals surface area (Å²) in [5.41, 5.74) is 3.80. The average Bonchev–Trinajstić information content (AvgIpc) is 2.66. The molecule has 0 saturated heterocycles. The van der Waals surface area contributed by atoms with Crippen LogP contribution in [0.15, 0.2) is 46.9 Å². The first-order valence-corrected chi connectivity index (χ1v) is 9.91. The van der Waals surface area contributed by atoms with Gasteiger partial charge in [-0.2, -0.15) is 0 Å². The predicted molar refractivity (Wildman–Crippen MR) is 106 cm³/mol. The summed E-state index contributed by atoms with van der Waals surface area (Å²) in [7, 11) is 1.66. The minimum atomic E-state index is 0.0890. The number of aryl methyl sites for hydroxylation is 1. The van der Waals surface area contributed by atoms with Crippen molar-refractivity contribution in [3.8, 4) is 5.75 Å². The van der Waals surface area contributed by atoms with Gasteiger partial charge in [0.25, 0.3) is 5.91 Å². The third-order valence-electron chi connectivity index (χ3n) is 5.06. The molecule has 2 aromatic rings. The van der Waals surface area contributed by atoms with Gasteiger partial charge in [0.15, 0.2) is 6.54 Å². The molecule has 0 saturated carbocycles. The Kier molecular flexibility index (Phi) is 6.33. The predicted octanol–water partition coefficient (Wildman–Crippen LogP) is 3.28. The van der Waals surface area contributed by atoms with Gasteiger partial charge in [0, 0.05) is 5.56 Å². The Labute approximate surface area is 163 Å². The number of nitrogens with one attached hydrogen (secondary N) is 1. The number of quaternary nitrogens is 1. The second-order valence-corrected chi connectivity index (χ2v) is 7.69. The van der Waals surface area contributed by atoms with Crippen molar-refractivity contribution in [3.63, 3.8) is 0 Å². The smallest absolute Gasteiger partial charge is 0.275 e. The number of carbonyl (C=O) groups excluding carboxylic acids is 1. The second-order valence-electron chi connectivity index (χ2n) is 6.83. The van der Waals surface area contributed by atoms with Crippen molar-refractivity contribution in [2.24, 2.45) is 0 Å². The van der Waals surface area contributed by atoms with E-state index >= 15 is 0 Å². The molecule has 1 amide bonds. The minimum absolute atomic E-state index is 0.0890. The average molecular weight is 418 g/mol. The van der Waals surface area contributed by atoms with E-state index < -0.39 is 0 Å². The molecule has 138 valence electrons. The van der Waals surface area contributed by atoms with E-state index in [1.807, 2.05) is 12.1 Å². The van der Waals surface area contributed by atoms with Gasteiger partial charge < -0.3 is 15.4 Å². The Balaban J connectivity index is 1.55. The fourth-order valence-electron chi connectivity index (χ4n) is 3.54. The van der Waals surface area contributed by atoms with Crippen molar-refractivity contribution in [1.29, 1.82) is 0 Å². The van der Waals surface area contributed by atoms with Crippen molar-refractivity contribution < 1.29 is 14.8 Å². The van der Waals surface area contributed by atoms with E-state index in [1.54, 1.807) is 7.11 Å². The molecule has 0 radical (unpaired) electrons. The highest BCUT2D eigenvalue weighted by Gasteiger charge is 2.22. The Morgan fingerprint density at radius 3 is 2.92 bits per heavy atom. The van der Waals surface area contributed by atoms with Gasteiger partial charge in [0.1, 0.15) is 11.8 Å². The molecular weight excluding hydrogens is 392 g/mol. The molecular formula is C21H26BrN2O2+. The van der Waals surface area contributed by atoms with Crippen molar-refractivity contribution in [2.45, 2.75) is 38.3 Å². The lowest BCUT2D eigenvalue weighted by atomic mass is 9.88. The molecule has 0 bridgehead atoms. The first kappa shape index (κ1) is 18.9. The van der Waals surface area contributed by atoms with Crippen molar-refractivity contribution in [2.75, 3.05) is 13.7 Å². The second kappa shape index (κ2) is 8.69. The van der Waals surface area contributed by atoms with Crippen LogP contribution in [0.3, 0.4) is 0 Å². The van der Waals surface area contributed by atoms with Crippen molar-refractivity contribution in [1.82, 2.24) is 5.32 Å². The maximum absolute atomic E-state index is 12.5. The molecule has 0 aliphatic heterocycles. The molecule has 0 spiro atoms. The Morgan fingerprint density at radius 2 is 2.15 bits per heavy atom. The molecule has 3 rings (SSSR count). The van der Waals surface area contributed by atoms with E-state index in [1.165, 1.54) is 11.1 Å². The fraction of sp³-hybridized carbons (Fsp3) is 0.381. The number of halogens is 1. The monoisotopic (exact) mass is 417 g/mol. The number of hydrogen-bond acceptors (Lipinski definition) is 2. The molecule has 0 aromatic heterocycles. The van der Waals surface area contributed by atoms with Crippen LogP contribution in [-0.2, 0) is 11.2 Å². The lowest BCUT2D eigenvalue weighted by Crippen LogP contribution is -2.87. The Hall–Kier alpha value is -1.85. The van der Waals surface area contributed by atoms with Crippen LogP contribution >= 0.6 is 15.9 Å². The molecule has 2 atom stereocenters. The van der Waals surface area contributed by atoms with Gasteiger partial charge >= 0.3 is 0 Å². The molecule has 0 unspecified atom stereocenters. The molecule has 4 nitrogen and oxygen atoms in total. The summed E-state index contributed by atoms with van der Waals surface area (Å²) >= 11 is 3.52. The summed E-state index contributed by atoms with van der Waals surface area (Å²) in [6.07, 6.45) is 3.25. The van der Waals surface area contributed by atoms with E-state index in [0.717, 1.165) is 35.0 Å². The zero-order chi connectivity index (χ0) is 18.5. The molecule has 2 aromatic carbocycles. The minimum Gasteiger partial charge on any atom is -0.496 e. The van der Waals surface area contributed by atoms with E-state index in [4.69, 9.17) is 4.74 Å². The molecule has 5 heteroatoms. The number of rotatable bonds is 6. The van der Waals surface area contributed by atoms with Gasteiger partial charge in [0.2, 0.25) is 0 Å². The van der Waals surface area contributed by atoms with Crippen LogP contribution in [-0.4, -0.2) is 19.6 Å². The summed E-state index contributed by atoms with van der Waals surface area (Å²) in [4.78, 5) is 12.5. The summed E-state index contributed by atoms with van der Waals surface area (Å²) in [6, 6.07) is 14.8. The maximum atomic E-state index is 12.5. The van der Waals surface area contributed by atoms with Gasteiger partial charge in [-0.1, -0.05) is 24.3 Å². The molecule has 0 fully saturated rings. The Morgan fingerprint density at radius 1 is 1.35 bits per heavy atom. The van der Waals surface area contributed by atoms with E-state index in [0.29, 0.717) is 6.54 Å². The van der Waals surface area contributed by atoms with Gasteiger partial charge in [-0.25, -0.2) is 0 Å². The molecule has 26 heavy (non-hydrogen) atoms. The maximum Gasteiger partial charge on any atom is 0.275 e. The van der Waals surface area contributed by atoms with Crippen molar-refractivity contribution in [3.05, 3.63) is 63.6 Å². The van der Waals surface area contributed by atoms with Crippen LogP contribution in [0, 0.1) is 0 Å². The normalized spacial score (nSPS) is 17.3. The van der Waals surface area contributed by atoms with Crippen LogP contribution in [0.4, 0.5) is 0 Å². The molecule has 1 aliphatic rings. The number of fused-ring (bicyclic) bond motifs is 1. The van der Waals surface area contributed by atoms with Crippen LogP contribution in [0.25, 0.3) is 0 Å². The number of nitrogens with two attached hydrogens (primary N) is 1. The standard InChI is InChI=1S/C21H25BrN2O2/c1-14(16-10-11-20(26-2)18(22)12-16)23-13-21(25)24-19-9-5-7-15-6-3-4-8-17(15)19/h3-4,6,8,10-12,14,19,23H,5,7,9,13H2,1-2H3,(H,24,25)/p+1/t14-,19+/m1/s1. The van der Waals surface area contributed by atoms with Crippen LogP contribution in [0.5, 0.6) is 5.75 Å². The third-order valence-corrected chi connectivity index (χ3v) is 5.68. The number of ether oxygens (including phenoxy) is 1. The van der Waals surface area contributed by atoms with Crippen molar-refractivity contribution >= 4 is 21.8 Å². The van der Waals surface area contributed by atoms with Gasteiger partial charge in [0.05, 0.1) is 17.6 Å². The highest BCUT2D eigenvalue weighted by atomic mass is 79.9. The molecule has 3 N–H and O–H groups in total.